The maximum Gasteiger partial charge on any atom is 0.0608 e. The Bertz CT molecular complexity index is 348. The molecule has 17 heavy (non-hydrogen) atoms. The number of hydrogen-bond acceptors (Lipinski definition) is 4. The lowest BCUT2D eigenvalue weighted by atomic mass is 10.1. The van der Waals surface area contributed by atoms with Crippen molar-refractivity contribution in [1.82, 2.24) is 4.98 Å². The van der Waals surface area contributed by atoms with Crippen LogP contribution in [-0.4, -0.2) is 30.8 Å². The molecule has 0 atom stereocenters. The maximum absolute atomic E-state index is 5.75. The van der Waals surface area contributed by atoms with Crippen LogP contribution in [0.15, 0.2) is 18.5 Å². The lowest BCUT2D eigenvalue weighted by Crippen LogP contribution is -2.37. The molecule has 0 unspecified atom stereocenters. The third-order valence-electron chi connectivity index (χ3n) is 3.29. The highest BCUT2D eigenvalue weighted by atomic mass is 16.5. The van der Waals surface area contributed by atoms with Gasteiger partial charge < -0.3 is 15.4 Å². The molecule has 0 radical (unpaired) electrons. The van der Waals surface area contributed by atoms with Crippen molar-refractivity contribution in [3.05, 3.63) is 24.0 Å². The van der Waals surface area contributed by atoms with Gasteiger partial charge in [0.2, 0.25) is 0 Å². The van der Waals surface area contributed by atoms with Crippen LogP contribution in [0.5, 0.6) is 0 Å². The quantitative estimate of drug-likeness (QED) is 0.860. The number of anilines is 1. The van der Waals surface area contributed by atoms with Crippen molar-refractivity contribution < 1.29 is 4.74 Å². The molecule has 1 saturated heterocycles. The molecule has 1 aromatic heterocycles. The zero-order chi connectivity index (χ0) is 12.1. The average molecular weight is 235 g/mol. The van der Waals surface area contributed by atoms with Crippen LogP contribution in [-0.2, 0) is 11.3 Å². The smallest absolute Gasteiger partial charge is 0.0608 e. The van der Waals surface area contributed by atoms with Crippen molar-refractivity contribution in [3.63, 3.8) is 0 Å². The second-order valence-corrected chi connectivity index (χ2v) is 4.35. The van der Waals surface area contributed by atoms with Crippen molar-refractivity contribution in [1.29, 1.82) is 0 Å². The van der Waals surface area contributed by atoms with Crippen molar-refractivity contribution in [2.45, 2.75) is 32.4 Å². The molecule has 0 aliphatic carbocycles. The molecule has 1 aliphatic heterocycles. The fraction of sp³-hybridized carbons (Fsp3) is 0.615. The lowest BCUT2D eigenvalue weighted by Gasteiger charge is -2.34. The summed E-state index contributed by atoms with van der Waals surface area (Å²) in [6.07, 6.45) is 6.33. The predicted octanol–water partition coefficient (Wildman–Crippen LogP) is 1.55. The molecule has 0 aromatic carbocycles. The molecular formula is C13H21N3O. The van der Waals surface area contributed by atoms with Crippen molar-refractivity contribution in [3.8, 4) is 0 Å². The molecule has 2 rings (SSSR count). The maximum atomic E-state index is 5.75. The Morgan fingerprint density at radius 2 is 2.24 bits per heavy atom. The summed E-state index contributed by atoms with van der Waals surface area (Å²) in [5.41, 5.74) is 8.11. The molecule has 0 spiro atoms. The minimum absolute atomic E-state index is 0.425. The number of rotatable bonds is 4. The van der Waals surface area contributed by atoms with Crippen LogP contribution in [0.3, 0.4) is 0 Å². The molecule has 4 nitrogen and oxygen atoms in total. The summed E-state index contributed by atoms with van der Waals surface area (Å²) < 4.78 is 5.66. The minimum atomic E-state index is 0.425. The van der Waals surface area contributed by atoms with Gasteiger partial charge in [-0.1, -0.05) is 0 Å². The van der Waals surface area contributed by atoms with Crippen LogP contribution in [0, 0.1) is 0 Å². The second kappa shape index (κ2) is 5.98. The molecule has 4 heteroatoms. The van der Waals surface area contributed by atoms with Gasteiger partial charge in [0.25, 0.3) is 0 Å². The number of nitrogens with zero attached hydrogens (tertiary/aromatic N) is 2. The van der Waals surface area contributed by atoms with Crippen LogP contribution in [0.2, 0.25) is 0 Å². The number of hydrogen-bond donors (Lipinski definition) is 1. The highest BCUT2D eigenvalue weighted by Crippen LogP contribution is 2.23. The molecule has 94 valence electrons. The fourth-order valence-corrected chi connectivity index (χ4v) is 2.37. The van der Waals surface area contributed by atoms with Crippen LogP contribution in [0.4, 0.5) is 5.69 Å². The first-order chi connectivity index (χ1) is 8.35. The van der Waals surface area contributed by atoms with Gasteiger partial charge in [0.1, 0.15) is 0 Å². The molecule has 0 bridgehead atoms. The van der Waals surface area contributed by atoms with Gasteiger partial charge in [0.15, 0.2) is 0 Å². The number of pyridine rings is 1. The summed E-state index contributed by atoms with van der Waals surface area (Å²) in [5, 5.41) is 0. The highest BCUT2D eigenvalue weighted by Gasteiger charge is 2.20. The van der Waals surface area contributed by atoms with Crippen molar-refractivity contribution >= 4 is 5.69 Å². The standard InChI is InChI=1S/C13H21N3O/c1-2-17-12-4-7-16(8-5-12)13-10-15-6-3-11(13)9-14/h3,6,10,12H,2,4-5,7-9,14H2,1H3. The second-order valence-electron chi connectivity index (χ2n) is 4.35. The van der Waals surface area contributed by atoms with E-state index >= 15 is 0 Å². The van der Waals surface area contributed by atoms with E-state index in [-0.39, 0.29) is 0 Å². The predicted molar refractivity (Wildman–Crippen MR) is 69.0 cm³/mol. The van der Waals surface area contributed by atoms with Crippen LogP contribution >= 0.6 is 0 Å². The van der Waals surface area contributed by atoms with Gasteiger partial charge in [-0.25, -0.2) is 0 Å². The van der Waals surface area contributed by atoms with E-state index in [2.05, 4.69) is 16.8 Å². The topological polar surface area (TPSA) is 51.4 Å². The molecule has 2 heterocycles. The Kier molecular flexibility index (Phi) is 4.34. The van der Waals surface area contributed by atoms with Gasteiger partial charge in [-0.3, -0.25) is 4.98 Å². The first kappa shape index (κ1) is 12.3. The minimum Gasteiger partial charge on any atom is -0.378 e. The molecule has 0 saturated carbocycles. The van der Waals surface area contributed by atoms with E-state index in [1.54, 1.807) is 6.20 Å². The Balaban J connectivity index is 2.00. The van der Waals surface area contributed by atoms with Crippen LogP contribution in [0.1, 0.15) is 25.3 Å². The molecule has 1 aromatic rings. The van der Waals surface area contributed by atoms with E-state index in [9.17, 15) is 0 Å². The van der Waals surface area contributed by atoms with Gasteiger partial charge in [-0.2, -0.15) is 0 Å². The summed E-state index contributed by atoms with van der Waals surface area (Å²) in [6.45, 7) is 5.50. The van der Waals surface area contributed by atoms with E-state index in [4.69, 9.17) is 10.5 Å². The Labute approximate surface area is 103 Å². The third kappa shape index (κ3) is 2.96. The zero-order valence-corrected chi connectivity index (χ0v) is 10.4. The Morgan fingerprint density at radius 3 is 2.88 bits per heavy atom. The van der Waals surface area contributed by atoms with Gasteiger partial charge in [0.05, 0.1) is 18.0 Å². The van der Waals surface area contributed by atoms with E-state index in [1.807, 2.05) is 12.3 Å². The molecule has 0 amide bonds. The number of piperidine rings is 1. The van der Waals surface area contributed by atoms with E-state index < -0.39 is 0 Å². The van der Waals surface area contributed by atoms with Crippen LogP contribution < -0.4 is 10.6 Å². The summed E-state index contributed by atoms with van der Waals surface area (Å²) in [7, 11) is 0. The van der Waals surface area contributed by atoms with Gasteiger partial charge in [-0.15, -0.1) is 0 Å². The summed E-state index contributed by atoms with van der Waals surface area (Å²) in [4.78, 5) is 6.56. The lowest BCUT2D eigenvalue weighted by molar-refractivity contribution is 0.0459. The van der Waals surface area contributed by atoms with Crippen molar-refractivity contribution in [2.75, 3.05) is 24.6 Å². The van der Waals surface area contributed by atoms with Crippen molar-refractivity contribution in [2.24, 2.45) is 5.73 Å². The van der Waals surface area contributed by atoms with E-state index in [0.717, 1.165) is 32.5 Å². The zero-order valence-electron chi connectivity index (χ0n) is 10.4. The van der Waals surface area contributed by atoms with E-state index in [0.29, 0.717) is 12.6 Å². The molecular weight excluding hydrogens is 214 g/mol. The van der Waals surface area contributed by atoms with E-state index in [1.165, 1.54) is 11.3 Å². The first-order valence-corrected chi connectivity index (χ1v) is 6.34. The molecule has 1 aliphatic rings. The normalized spacial score (nSPS) is 17.4. The highest BCUT2D eigenvalue weighted by molar-refractivity contribution is 5.51. The van der Waals surface area contributed by atoms with Crippen LogP contribution in [0.25, 0.3) is 0 Å². The monoisotopic (exact) mass is 235 g/mol. The summed E-state index contributed by atoms with van der Waals surface area (Å²) in [6, 6.07) is 2.00. The van der Waals surface area contributed by atoms with Gasteiger partial charge in [0, 0.05) is 32.4 Å². The largest absolute Gasteiger partial charge is 0.378 e. The van der Waals surface area contributed by atoms with Gasteiger partial charge >= 0.3 is 0 Å². The summed E-state index contributed by atoms with van der Waals surface area (Å²) >= 11 is 0. The fourth-order valence-electron chi connectivity index (χ4n) is 2.37. The Morgan fingerprint density at radius 1 is 1.47 bits per heavy atom. The SMILES string of the molecule is CCOC1CCN(c2cnccc2CN)CC1. The number of ether oxygens (including phenoxy) is 1. The molecule has 2 N–H and O–H groups in total. The first-order valence-electron chi connectivity index (χ1n) is 6.34. The number of nitrogens with two attached hydrogens (primary N) is 1. The molecule has 1 fully saturated rings. The summed E-state index contributed by atoms with van der Waals surface area (Å²) in [5.74, 6) is 0. The average Bonchev–Trinajstić information content (AvgIpc) is 2.40. The van der Waals surface area contributed by atoms with Gasteiger partial charge in [-0.05, 0) is 31.4 Å². The number of aromatic nitrogens is 1. The Hall–Kier alpha value is -1.13. The third-order valence-corrected chi connectivity index (χ3v) is 3.29.